The number of carbonyl (C=O) groups is 2. The summed E-state index contributed by atoms with van der Waals surface area (Å²) < 4.78 is 14.1. The van der Waals surface area contributed by atoms with Crippen LogP contribution in [0.2, 0.25) is 0 Å². The summed E-state index contributed by atoms with van der Waals surface area (Å²) in [4.78, 5) is 27.5. The highest BCUT2D eigenvalue weighted by molar-refractivity contribution is 9.10. The van der Waals surface area contributed by atoms with Gasteiger partial charge in [0.2, 0.25) is 0 Å². The van der Waals surface area contributed by atoms with E-state index < -0.39 is 5.91 Å². The van der Waals surface area contributed by atoms with Gasteiger partial charge < -0.3 is 5.32 Å². The van der Waals surface area contributed by atoms with Crippen LogP contribution in [0.3, 0.4) is 0 Å². The zero-order valence-electron chi connectivity index (χ0n) is 15.2. The van der Waals surface area contributed by atoms with E-state index >= 15 is 0 Å². The summed E-state index contributed by atoms with van der Waals surface area (Å²) in [6.45, 7) is 0.0674. The second-order valence-corrected chi connectivity index (χ2v) is 7.49. The lowest BCUT2D eigenvalue weighted by Crippen LogP contribution is -2.32. The molecule has 144 valence electrons. The van der Waals surface area contributed by atoms with Gasteiger partial charge in [0, 0.05) is 10.2 Å². The fourth-order valence-electron chi connectivity index (χ4n) is 3.19. The third-order valence-corrected chi connectivity index (χ3v) is 5.07. The maximum atomic E-state index is 13.2. The zero-order valence-corrected chi connectivity index (χ0v) is 16.8. The molecule has 0 aliphatic carbocycles. The minimum absolute atomic E-state index is 0.0674. The minimum atomic E-state index is -0.418. The van der Waals surface area contributed by atoms with Crippen LogP contribution in [0, 0.1) is 5.82 Å². The first-order chi connectivity index (χ1) is 14.0. The molecule has 0 saturated carbocycles. The Morgan fingerprint density at radius 3 is 2.28 bits per heavy atom. The summed E-state index contributed by atoms with van der Waals surface area (Å²) in [5, 5.41) is 3.11. The molecule has 3 aromatic rings. The van der Waals surface area contributed by atoms with Crippen LogP contribution >= 0.6 is 15.9 Å². The van der Waals surface area contributed by atoms with Gasteiger partial charge in [0.15, 0.2) is 0 Å². The van der Waals surface area contributed by atoms with E-state index in [0.29, 0.717) is 22.4 Å². The van der Waals surface area contributed by atoms with Crippen molar-refractivity contribution in [2.24, 2.45) is 0 Å². The molecule has 0 saturated heterocycles. The molecule has 4 nitrogen and oxygen atoms in total. The van der Waals surface area contributed by atoms with Crippen LogP contribution in [0.1, 0.15) is 11.1 Å². The van der Waals surface area contributed by atoms with Crippen molar-refractivity contribution in [3.63, 3.8) is 0 Å². The van der Waals surface area contributed by atoms with Gasteiger partial charge >= 0.3 is 0 Å². The number of nitrogens with zero attached hydrogens (tertiary/aromatic N) is 1. The Morgan fingerprint density at radius 2 is 1.59 bits per heavy atom. The minimum Gasteiger partial charge on any atom is -0.350 e. The first-order valence-corrected chi connectivity index (χ1v) is 9.75. The van der Waals surface area contributed by atoms with E-state index in [2.05, 4.69) is 21.2 Å². The number of rotatable bonds is 5. The SMILES string of the molecule is O=C1C(Nc2cccc(Br)c2)=C(c2ccccc2)C(=O)N1Cc1ccc(F)cc1. The average Bonchev–Trinajstić information content (AvgIpc) is 2.94. The molecule has 0 radical (unpaired) electrons. The Kier molecular flexibility index (Phi) is 5.27. The zero-order chi connectivity index (χ0) is 20.4. The third kappa shape index (κ3) is 3.98. The van der Waals surface area contributed by atoms with Crippen molar-refractivity contribution in [2.45, 2.75) is 6.54 Å². The molecule has 1 heterocycles. The van der Waals surface area contributed by atoms with Crippen molar-refractivity contribution in [2.75, 3.05) is 5.32 Å². The second-order valence-electron chi connectivity index (χ2n) is 6.57. The second kappa shape index (κ2) is 8.01. The van der Waals surface area contributed by atoms with E-state index in [1.165, 1.54) is 17.0 Å². The van der Waals surface area contributed by atoms with Gasteiger partial charge in [-0.1, -0.05) is 64.5 Å². The molecule has 4 rings (SSSR count). The first kappa shape index (κ1) is 19.1. The third-order valence-electron chi connectivity index (χ3n) is 4.58. The molecule has 29 heavy (non-hydrogen) atoms. The number of halogens is 2. The van der Waals surface area contributed by atoms with E-state index in [9.17, 15) is 14.0 Å². The summed E-state index contributed by atoms with van der Waals surface area (Å²) >= 11 is 3.41. The molecule has 3 aromatic carbocycles. The molecular weight excluding hydrogens is 435 g/mol. The van der Waals surface area contributed by atoms with Gasteiger partial charge in [-0.2, -0.15) is 0 Å². The van der Waals surface area contributed by atoms with Crippen LogP contribution < -0.4 is 5.32 Å². The van der Waals surface area contributed by atoms with E-state index in [4.69, 9.17) is 0 Å². The summed E-state index contributed by atoms with van der Waals surface area (Å²) in [5.74, 6) is -1.17. The quantitative estimate of drug-likeness (QED) is 0.557. The number of carbonyl (C=O) groups excluding carboxylic acids is 2. The van der Waals surface area contributed by atoms with E-state index in [-0.39, 0.29) is 24.0 Å². The lowest BCUT2D eigenvalue weighted by molar-refractivity contribution is -0.137. The van der Waals surface area contributed by atoms with Crippen LogP contribution in [-0.2, 0) is 16.1 Å². The van der Waals surface area contributed by atoms with E-state index in [1.54, 1.807) is 24.3 Å². The van der Waals surface area contributed by atoms with Crippen LogP contribution in [0.4, 0.5) is 10.1 Å². The molecule has 0 aromatic heterocycles. The van der Waals surface area contributed by atoms with Crippen LogP contribution in [0.15, 0.2) is 89.0 Å². The molecule has 1 aliphatic rings. The van der Waals surface area contributed by atoms with Gasteiger partial charge in [-0.25, -0.2) is 4.39 Å². The summed E-state index contributed by atoms with van der Waals surface area (Å²) in [6, 6.07) is 22.2. The number of benzene rings is 3. The first-order valence-electron chi connectivity index (χ1n) is 8.96. The topological polar surface area (TPSA) is 49.4 Å². The molecule has 0 spiro atoms. The van der Waals surface area contributed by atoms with Gasteiger partial charge in [-0.15, -0.1) is 0 Å². The predicted molar refractivity (Wildman–Crippen MR) is 113 cm³/mol. The molecule has 1 aliphatic heterocycles. The molecular formula is C23H16BrFN2O2. The van der Waals surface area contributed by atoms with Crippen LogP contribution in [0.5, 0.6) is 0 Å². The Labute approximate surface area is 175 Å². The lowest BCUT2D eigenvalue weighted by Gasteiger charge is -2.15. The highest BCUT2D eigenvalue weighted by atomic mass is 79.9. The Morgan fingerprint density at radius 1 is 0.862 bits per heavy atom. The number of hydrogen-bond donors (Lipinski definition) is 1. The predicted octanol–water partition coefficient (Wildman–Crippen LogP) is 4.98. The normalized spacial score (nSPS) is 13.9. The van der Waals surface area contributed by atoms with Crippen molar-refractivity contribution >= 4 is 39.0 Å². The van der Waals surface area contributed by atoms with Gasteiger partial charge in [-0.05, 0) is 41.5 Å². The molecule has 1 N–H and O–H groups in total. The van der Waals surface area contributed by atoms with Crippen LogP contribution in [0.25, 0.3) is 5.57 Å². The highest BCUT2D eigenvalue weighted by Crippen LogP contribution is 2.32. The van der Waals surface area contributed by atoms with Gasteiger partial charge in [0.25, 0.3) is 11.8 Å². The number of amides is 2. The fourth-order valence-corrected chi connectivity index (χ4v) is 3.59. The van der Waals surface area contributed by atoms with Crippen molar-refractivity contribution < 1.29 is 14.0 Å². The molecule has 0 unspecified atom stereocenters. The molecule has 6 heteroatoms. The van der Waals surface area contributed by atoms with E-state index in [1.807, 2.05) is 42.5 Å². The fraction of sp³-hybridized carbons (Fsp3) is 0.0435. The standard InChI is InChI=1S/C23H16BrFN2O2/c24-17-7-4-8-19(13-17)26-21-20(16-5-2-1-3-6-16)22(28)27(23(21)29)14-15-9-11-18(25)12-10-15/h1-13,26H,14H2. The molecule has 0 atom stereocenters. The molecule has 2 amide bonds. The van der Waals surface area contributed by atoms with Gasteiger partial charge in [0.1, 0.15) is 11.5 Å². The number of imide groups is 1. The van der Waals surface area contributed by atoms with Crippen molar-refractivity contribution in [3.8, 4) is 0 Å². The smallest absolute Gasteiger partial charge is 0.278 e. The summed E-state index contributed by atoms with van der Waals surface area (Å²) in [5.41, 5.74) is 2.56. The van der Waals surface area contributed by atoms with Crippen LogP contribution in [-0.4, -0.2) is 16.7 Å². The highest BCUT2D eigenvalue weighted by Gasteiger charge is 2.39. The monoisotopic (exact) mass is 450 g/mol. The maximum absolute atomic E-state index is 13.2. The maximum Gasteiger partial charge on any atom is 0.278 e. The molecule has 0 bridgehead atoms. The van der Waals surface area contributed by atoms with E-state index in [0.717, 1.165) is 4.47 Å². The van der Waals surface area contributed by atoms with Crippen molar-refractivity contribution in [1.29, 1.82) is 0 Å². The van der Waals surface area contributed by atoms with Gasteiger partial charge in [-0.3, -0.25) is 14.5 Å². The average molecular weight is 451 g/mol. The summed E-state index contributed by atoms with van der Waals surface area (Å²) in [6.07, 6.45) is 0. The van der Waals surface area contributed by atoms with Gasteiger partial charge in [0.05, 0.1) is 12.1 Å². The lowest BCUT2D eigenvalue weighted by atomic mass is 10.0. The van der Waals surface area contributed by atoms with Crippen molar-refractivity contribution in [3.05, 3.63) is 106 Å². The summed E-state index contributed by atoms with van der Waals surface area (Å²) in [7, 11) is 0. The van der Waals surface area contributed by atoms with Crippen molar-refractivity contribution in [1.82, 2.24) is 4.90 Å². The number of hydrogen-bond acceptors (Lipinski definition) is 3. The Balaban J connectivity index is 1.72. The number of nitrogens with one attached hydrogen (secondary N) is 1. The Bertz CT molecular complexity index is 1110. The number of anilines is 1. The molecule has 0 fully saturated rings. The largest absolute Gasteiger partial charge is 0.350 e. The Hall–Kier alpha value is -3.25.